The second-order valence-electron chi connectivity index (χ2n) is 10.7. The Balaban J connectivity index is 0.000000142. The van der Waals surface area contributed by atoms with E-state index < -0.39 is 23.5 Å². The maximum atomic E-state index is 12.5. The van der Waals surface area contributed by atoms with Crippen LogP contribution in [0.5, 0.6) is 0 Å². The first-order chi connectivity index (χ1) is 15.8. The monoisotopic (exact) mass is 482 g/mol. The number of rotatable bonds is 2. The van der Waals surface area contributed by atoms with Crippen LogP contribution in [0, 0.1) is 11.8 Å². The number of hydrogen-bond donors (Lipinski definition) is 0. The number of hydrogen-bond acceptors (Lipinski definition) is 2. The highest BCUT2D eigenvalue weighted by atomic mass is 19.4. The second kappa shape index (κ2) is 7.72. The van der Waals surface area contributed by atoms with Gasteiger partial charge in [-0.2, -0.15) is 26.3 Å². The minimum absolute atomic E-state index is 0.152. The summed E-state index contributed by atoms with van der Waals surface area (Å²) < 4.78 is 74.7. The van der Waals surface area contributed by atoms with E-state index in [2.05, 4.69) is 23.9 Å². The van der Waals surface area contributed by atoms with Gasteiger partial charge in [0.05, 0.1) is 11.1 Å². The molecule has 0 aromatic heterocycles. The Bertz CT molecular complexity index is 959. The van der Waals surface area contributed by atoms with Gasteiger partial charge in [0.25, 0.3) is 0 Å². The molecule has 34 heavy (non-hydrogen) atoms. The van der Waals surface area contributed by atoms with Gasteiger partial charge in [0.15, 0.2) is 0 Å². The Labute approximate surface area is 195 Å². The van der Waals surface area contributed by atoms with Gasteiger partial charge in [-0.3, -0.25) is 0 Å². The zero-order chi connectivity index (χ0) is 24.5. The molecular formula is C26H28F6N2. The summed E-state index contributed by atoms with van der Waals surface area (Å²) in [6, 6.07) is 11.4. The largest absolute Gasteiger partial charge is 0.416 e. The molecule has 2 saturated carbocycles. The molecule has 0 amide bonds. The topological polar surface area (TPSA) is 6.48 Å². The number of fused-ring (bicyclic) bond motifs is 2. The summed E-state index contributed by atoms with van der Waals surface area (Å²) in [6.45, 7) is 4.09. The molecule has 2 saturated heterocycles. The highest BCUT2D eigenvalue weighted by molar-refractivity contribution is 5.40. The van der Waals surface area contributed by atoms with Crippen LogP contribution in [0.4, 0.5) is 26.3 Å². The van der Waals surface area contributed by atoms with E-state index in [0.29, 0.717) is 11.8 Å². The summed E-state index contributed by atoms with van der Waals surface area (Å²) in [5, 5.41) is 0. The maximum Gasteiger partial charge on any atom is 0.416 e. The molecule has 0 bridgehead atoms. The Hall–Kier alpha value is -2.06. The molecule has 0 N–H and O–H groups in total. The molecule has 2 aliphatic carbocycles. The highest BCUT2D eigenvalue weighted by Crippen LogP contribution is 2.59. The molecule has 2 heterocycles. The number of halogens is 6. The zero-order valence-corrected chi connectivity index (χ0v) is 19.2. The zero-order valence-electron chi connectivity index (χ0n) is 19.2. The average Bonchev–Trinajstić information content (AvgIpc) is 3.56. The average molecular weight is 483 g/mol. The second-order valence-corrected chi connectivity index (χ2v) is 10.7. The first-order valence-corrected chi connectivity index (χ1v) is 11.6. The third-order valence-electron chi connectivity index (χ3n) is 8.21. The van der Waals surface area contributed by atoms with Crippen LogP contribution in [-0.4, -0.2) is 50.1 Å². The van der Waals surface area contributed by atoms with E-state index in [4.69, 9.17) is 0 Å². The van der Waals surface area contributed by atoms with Gasteiger partial charge in [0.2, 0.25) is 0 Å². The Morgan fingerprint density at radius 3 is 1.18 bits per heavy atom. The van der Waals surface area contributed by atoms with Crippen LogP contribution in [0.15, 0.2) is 48.5 Å². The van der Waals surface area contributed by atoms with Crippen LogP contribution in [0.3, 0.4) is 0 Å². The fourth-order valence-corrected chi connectivity index (χ4v) is 6.34. The summed E-state index contributed by atoms with van der Waals surface area (Å²) in [4.78, 5) is 4.51. The lowest BCUT2D eigenvalue weighted by atomic mass is 9.94. The highest BCUT2D eigenvalue weighted by Gasteiger charge is 2.60. The van der Waals surface area contributed by atoms with Crippen molar-refractivity contribution in [2.45, 2.75) is 36.0 Å². The van der Waals surface area contributed by atoms with Gasteiger partial charge in [-0.25, -0.2) is 0 Å². The van der Waals surface area contributed by atoms with Crippen LogP contribution in [0.25, 0.3) is 0 Å². The van der Waals surface area contributed by atoms with Gasteiger partial charge in [-0.05, 0) is 74.2 Å². The first-order valence-electron chi connectivity index (χ1n) is 11.6. The van der Waals surface area contributed by atoms with Gasteiger partial charge < -0.3 is 9.80 Å². The predicted molar refractivity (Wildman–Crippen MR) is 117 cm³/mol. The fraction of sp³-hybridized carbons (Fsp3) is 0.538. The van der Waals surface area contributed by atoms with E-state index in [0.717, 1.165) is 50.1 Å². The van der Waals surface area contributed by atoms with Crippen LogP contribution in [0.1, 0.15) is 35.1 Å². The van der Waals surface area contributed by atoms with Crippen molar-refractivity contribution in [1.82, 2.24) is 9.80 Å². The molecule has 2 aliphatic heterocycles. The summed E-state index contributed by atoms with van der Waals surface area (Å²) in [5.74, 6) is 1.29. The summed E-state index contributed by atoms with van der Waals surface area (Å²) in [7, 11) is 4.13. The number of benzene rings is 2. The van der Waals surface area contributed by atoms with E-state index in [9.17, 15) is 26.3 Å². The van der Waals surface area contributed by atoms with Gasteiger partial charge in [0.1, 0.15) is 0 Å². The maximum absolute atomic E-state index is 12.5. The molecular weight excluding hydrogens is 454 g/mol. The molecule has 2 aromatic rings. The van der Waals surface area contributed by atoms with Crippen molar-refractivity contribution in [3.05, 3.63) is 70.8 Å². The van der Waals surface area contributed by atoms with Crippen molar-refractivity contribution >= 4 is 0 Å². The number of piperidine rings is 2. The van der Waals surface area contributed by atoms with Crippen molar-refractivity contribution < 1.29 is 26.3 Å². The standard InChI is InChI=1S/2C13H14F3N/c2*1-17-7-11-6-12(11,8-17)9-2-4-10(5-3-9)13(14,15)16/h2*2-5,11H,6-8H2,1H3/t2*11-,12+/m10/s1. The third-order valence-corrected chi connectivity index (χ3v) is 8.21. The van der Waals surface area contributed by atoms with Crippen molar-refractivity contribution in [2.24, 2.45) is 11.8 Å². The lowest BCUT2D eigenvalue weighted by Crippen LogP contribution is -2.22. The quantitative estimate of drug-likeness (QED) is 0.498. The van der Waals surface area contributed by atoms with Crippen LogP contribution >= 0.6 is 0 Å². The summed E-state index contributed by atoms with van der Waals surface area (Å²) >= 11 is 0. The predicted octanol–water partition coefficient (Wildman–Crippen LogP) is 5.82. The summed E-state index contributed by atoms with van der Waals surface area (Å²) in [6.07, 6.45) is -6.21. The van der Waals surface area contributed by atoms with Gasteiger partial charge in [0, 0.05) is 37.0 Å². The van der Waals surface area contributed by atoms with E-state index in [1.165, 1.54) is 24.3 Å². The van der Waals surface area contributed by atoms with Crippen molar-refractivity contribution in [3.63, 3.8) is 0 Å². The third kappa shape index (κ3) is 4.13. The molecule has 2 nitrogen and oxygen atoms in total. The Kier molecular flexibility index (Phi) is 5.37. The minimum atomic E-state index is -4.23. The minimum Gasteiger partial charge on any atom is -0.305 e. The van der Waals surface area contributed by atoms with Crippen molar-refractivity contribution in [2.75, 3.05) is 40.3 Å². The molecule has 4 atom stereocenters. The molecule has 4 fully saturated rings. The van der Waals surface area contributed by atoms with Crippen molar-refractivity contribution in [3.8, 4) is 0 Å². The lowest BCUT2D eigenvalue weighted by molar-refractivity contribution is -0.138. The van der Waals surface area contributed by atoms with Gasteiger partial charge in [-0.1, -0.05) is 24.3 Å². The molecule has 8 heteroatoms. The molecule has 4 aliphatic rings. The molecule has 0 spiro atoms. The van der Waals surface area contributed by atoms with Crippen LogP contribution in [-0.2, 0) is 23.2 Å². The number of nitrogens with zero attached hydrogens (tertiary/aromatic N) is 2. The summed E-state index contributed by atoms with van der Waals surface area (Å²) in [5.41, 5.74) is 1.33. The molecule has 0 radical (unpaired) electrons. The fourth-order valence-electron chi connectivity index (χ4n) is 6.34. The first kappa shape index (κ1) is 23.7. The number of likely N-dealkylation sites (tertiary alicyclic amines) is 2. The van der Waals surface area contributed by atoms with E-state index in [1.807, 2.05) is 0 Å². The van der Waals surface area contributed by atoms with Crippen molar-refractivity contribution in [1.29, 1.82) is 0 Å². The molecule has 6 rings (SSSR count). The van der Waals surface area contributed by atoms with Crippen LogP contribution in [0.2, 0.25) is 0 Å². The van der Waals surface area contributed by atoms with Crippen LogP contribution < -0.4 is 0 Å². The smallest absolute Gasteiger partial charge is 0.305 e. The molecule has 2 aromatic carbocycles. The van der Waals surface area contributed by atoms with E-state index in [-0.39, 0.29) is 10.8 Å². The molecule has 0 unspecified atom stereocenters. The Morgan fingerprint density at radius 1 is 0.618 bits per heavy atom. The van der Waals surface area contributed by atoms with Gasteiger partial charge in [-0.15, -0.1) is 0 Å². The Morgan fingerprint density at radius 2 is 0.941 bits per heavy atom. The molecule has 184 valence electrons. The lowest BCUT2D eigenvalue weighted by Gasteiger charge is -2.17. The number of alkyl halides is 6. The number of likely N-dealkylation sites (N-methyl/N-ethyl adjacent to an activating group) is 2. The van der Waals surface area contributed by atoms with Gasteiger partial charge >= 0.3 is 12.4 Å². The van der Waals surface area contributed by atoms with E-state index >= 15 is 0 Å². The SMILES string of the molecule is CN1C[C@@H]2C[C@]2(c2ccc(C(F)(F)F)cc2)C1.CN1C[C@H]2C[C@@]2(c2ccc(C(F)(F)F)cc2)C1. The van der Waals surface area contributed by atoms with E-state index in [1.54, 1.807) is 24.3 Å². The normalized spacial score (nSPS) is 32.6.